The van der Waals surface area contributed by atoms with E-state index in [9.17, 15) is 9.59 Å². The van der Waals surface area contributed by atoms with Gasteiger partial charge in [-0.15, -0.1) is 0 Å². The van der Waals surface area contributed by atoms with Crippen molar-refractivity contribution in [3.8, 4) is 17.0 Å². The number of amides is 1. The fraction of sp³-hybridized carbons (Fsp3) is 0.200. The predicted molar refractivity (Wildman–Crippen MR) is 101 cm³/mol. The number of pyridine rings is 1. The van der Waals surface area contributed by atoms with Crippen LogP contribution >= 0.6 is 0 Å². The highest BCUT2D eigenvalue weighted by atomic mass is 16.5. The lowest BCUT2D eigenvalue weighted by molar-refractivity contribution is -0.124. The van der Waals surface area contributed by atoms with Gasteiger partial charge in [0.1, 0.15) is 11.8 Å². The van der Waals surface area contributed by atoms with Gasteiger partial charge in [0.05, 0.1) is 12.8 Å². The van der Waals surface area contributed by atoms with Crippen molar-refractivity contribution in [1.29, 1.82) is 0 Å². The van der Waals surface area contributed by atoms with Crippen LogP contribution in [0, 0.1) is 0 Å². The summed E-state index contributed by atoms with van der Waals surface area (Å²) >= 11 is 0. The standard InChI is InChI=1S/C20H20N4O3/c1-14(20(26)22-13-15-3-5-17(27-2)6-4-15)24-19(25)8-7-18(23-24)16-9-11-21-12-10-16/h3-12,14H,13H2,1-2H3,(H,22,26). The van der Waals surface area contributed by atoms with Crippen LogP contribution in [-0.2, 0) is 11.3 Å². The number of nitrogens with zero attached hydrogens (tertiary/aromatic N) is 3. The van der Waals surface area contributed by atoms with E-state index >= 15 is 0 Å². The zero-order valence-corrected chi connectivity index (χ0v) is 15.1. The molecule has 138 valence electrons. The number of aromatic nitrogens is 3. The van der Waals surface area contributed by atoms with Crippen LogP contribution in [0.15, 0.2) is 65.7 Å². The highest BCUT2D eigenvalue weighted by Crippen LogP contribution is 2.15. The molecule has 1 aromatic carbocycles. The molecule has 3 rings (SSSR count). The number of carbonyl (C=O) groups excluding carboxylic acids is 1. The summed E-state index contributed by atoms with van der Waals surface area (Å²) in [4.78, 5) is 28.7. The maximum atomic E-state index is 12.5. The summed E-state index contributed by atoms with van der Waals surface area (Å²) in [7, 11) is 1.60. The number of ether oxygens (including phenoxy) is 1. The lowest BCUT2D eigenvalue weighted by atomic mass is 10.2. The molecule has 1 N–H and O–H groups in total. The minimum atomic E-state index is -0.738. The molecule has 2 heterocycles. The van der Waals surface area contributed by atoms with E-state index in [2.05, 4.69) is 15.4 Å². The van der Waals surface area contributed by atoms with E-state index in [1.54, 1.807) is 44.6 Å². The molecule has 7 heteroatoms. The molecular formula is C20H20N4O3. The quantitative estimate of drug-likeness (QED) is 0.725. The fourth-order valence-corrected chi connectivity index (χ4v) is 2.57. The van der Waals surface area contributed by atoms with Crippen LogP contribution in [0.5, 0.6) is 5.75 Å². The Morgan fingerprint density at radius 2 is 1.81 bits per heavy atom. The molecule has 1 amide bonds. The van der Waals surface area contributed by atoms with E-state index in [0.717, 1.165) is 16.9 Å². The van der Waals surface area contributed by atoms with Gasteiger partial charge in [-0.05, 0) is 42.8 Å². The van der Waals surface area contributed by atoms with Crippen molar-refractivity contribution in [3.63, 3.8) is 0 Å². The average Bonchev–Trinajstić information content (AvgIpc) is 2.73. The molecule has 7 nitrogen and oxygen atoms in total. The first-order valence-electron chi connectivity index (χ1n) is 8.49. The van der Waals surface area contributed by atoms with Crippen molar-refractivity contribution < 1.29 is 9.53 Å². The highest BCUT2D eigenvalue weighted by molar-refractivity contribution is 5.79. The Morgan fingerprint density at radius 1 is 1.11 bits per heavy atom. The maximum Gasteiger partial charge on any atom is 0.267 e. The molecule has 0 saturated heterocycles. The molecule has 0 spiro atoms. The monoisotopic (exact) mass is 364 g/mol. The molecule has 0 radical (unpaired) electrons. The summed E-state index contributed by atoms with van der Waals surface area (Å²) in [6, 6.07) is 13.3. The van der Waals surface area contributed by atoms with E-state index in [-0.39, 0.29) is 11.5 Å². The van der Waals surface area contributed by atoms with Gasteiger partial charge in [-0.3, -0.25) is 14.6 Å². The first-order chi connectivity index (χ1) is 13.1. The van der Waals surface area contributed by atoms with Crippen molar-refractivity contribution >= 4 is 5.91 Å². The number of nitrogens with one attached hydrogen (secondary N) is 1. The van der Waals surface area contributed by atoms with Gasteiger partial charge in [-0.2, -0.15) is 5.10 Å². The van der Waals surface area contributed by atoms with Crippen LogP contribution in [-0.4, -0.2) is 27.8 Å². The van der Waals surface area contributed by atoms with Gasteiger partial charge >= 0.3 is 0 Å². The molecule has 0 saturated carbocycles. The minimum Gasteiger partial charge on any atom is -0.497 e. The Balaban J connectivity index is 1.73. The number of methoxy groups -OCH3 is 1. The van der Waals surface area contributed by atoms with E-state index in [1.165, 1.54) is 10.7 Å². The smallest absolute Gasteiger partial charge is 0.267 e. The summed E-state index contributed by atoms with van der Waals surface area (Å²) in [5.41, 5.74) is 2.03. The molecule has 1 atom stereocenters. The van der Waals surface area contributed by atoms with Crippen LogP contribution in [0.3, 0.4) is 0 Å². The topological polar surface area (TPSA) is 86.1 Å². The van der Waals surface area contributed by atoms with Crippen molar-refractivity contribution in [2.24, 2.45) is 0 Å². The van der Waals surface area contributed by atoms with E-state index in [0.29, 0.717) is 12.2 Å². The lowest BCUT2D eigenvalue weighted by Gasteiger charge is -2.15. The molecule has 0 aliphatic carbocycles. The summed E-state index contributed by atoms with van der Waals surface area (Å²) in [6.07, 6.45) is 3.30. The van der Waals surface area contributed by atoms with Crippen LogP contribution in [0.1, 0.15) is 18.5 Å². The van der Waals surface area contributed by atoms with E-state index < -0.39 is 6.04 Å². The van der Waals surface area contributed by atoms with Crippen LogP contribution < -0.4 is 15.6 Å². The largest absolute Gasteiger partial charge is 0.497 e. The summed E-state index contributed by atoms with van der Waals surface area (Å²) < 4.78 is 6.31. The zero-order chi connectivity index (χ0) is 19.2. The van der Waals surface area contributed by atoms with Gasteiger partial charge in [0, 0.05) is 30.6 Å². The van der Waals surface area contributed by atoms with Crippen molar-refractivity contribution in [1.82, 2.24) is 20.1 Å². The first-order valence-corrected chi connectivity index (χ1v) is 8.49. The Kier molecular flexibility index (Phi) is 5.61. The normalized spacial score (nSPS) is 11.6. The molecule has 0 aliphatic rings. The molecule has 0 aliphatic heterocycles. The Hall–Kier alpha value is -3.48. The van der Waals surface area contributed by atoms with E-state index in [4.69, 9.17) is 4.74 Å². The number of benzene rings is 1. The third-order valence-electron chi connectivity index (χ3n) is 4.17. The molecule has 1 unspecified atom stereocenters. The van der Waals surface area contributed by atoms with Gasteiger partial charge < -0.3 is 10.1 Å². The van der Waals surface area contributed by atoms with Crippen molar-refractivity contribution in [2.75, 3.05) is 7.11 Å². The second-order valence-electron chi connectivity index (χ2n) is 5.98. The average molecular weight is 364 g/mol. The van der Waals surface area contributed by atoms with Gasteiger partial charge in [0.15, 0.2) is 0 Å². The minimum absolute atomic E-state index is 0.285. The number of rotatable bonds is 6. The van der Waals surface area contributed by atoms with E-state index in [1.807, 2.05) is 24.3 Å². The van der Waals surface area contributed by atoms with Gasteiger partial charge in [-0.1, -0.05) is 12.1 Å². The van der Waals surface area contributed by atoms with Crippen LogP contribution in [0.25, 0.3) is 11.3 Å². The molecule has 3 aromatic rings. The number of hydrogen-bond donors (Lipinski definition) is 1. The molecule has 0 bridgehead atoms. The van der Waals surface area contributed by atoms with Crippen LogP contribution in [0.2, 0.25) is 0 Å². The predicted octanol–water partition coefficient (Wildman–Crippen LogP) is 2.19. The summed E-state index contributed by atoms with van der Waals surface area (Å²) in [5.74, 6) is 0.467. The number of carbonyl (C=O) groups is 1. The van der Waals surface area contributed by atoms with Gasteiger partial charge in [-0.25, -0.2) is 4.68 Å². The fourth-order valence-electron chi connectivity index (χ4n) is 2.57. The third-order valence-corrected chi connectivity index (χ3v) is 4.17. The molecule has 27 heavy (non-hydrogen) atoms. The highest BCUT2D eigenvalue weighted by Gasteiger charge is 2.17. The first kappa shape index (κ1) is 18.3. The number of hydrogen-bond acceptors (Lipinski definition) is 5. The van der Waals surface area contributed by atoms with Gasteiger partial charge in [0.2, 0.25) is 5.91 Å². The summed E-state index contributed by atoms with van der Waals surface area (Å²) in [6.45, 7) is 2.00. The van der Waals surface area contributed by atoms with Gasteiger partial charge in [0.25, 0.3) is 5.56 Å². The maximum absolute atomic E-state index is 12.5. The molecular weight excluding hydrogens is 344 g/mol. The van der Waals surface area contributed by atoms with Crippen molar-refractivity contribution in [3.05, 3.63) is 76.8 Å². The lowest BCUT2D eigenvalue weighted by Crippen LogP contribution is -2.36. The van der Waals surface area contributed by atoms with Crippen molar-refractivity contribution in [2.45, 2.75) is 19.5 Å². The Morgan fingerprint density at radius 3 is 2.48 bits per heavy atom. The summed E-state index contributed by atoms with van der Waals surface area (Å²) in [5, 5.41) is 7.17. The third kappa shape index (κ3) is 4.38. The zero-order valence-electron chi connectivity index (χ0n) is 15.1. The second-order valence-corrected chi connectivity index (χ2v) is 5.98. The van der Waals surface area contributed by atoms with Crippen LogP contribution in [0.4, 0.5) is 0 Å². The Labute approximate surface area is 156 Å². The second kappa shape index (κ2) is 8.27. The molecule has 2 aromatic heterocycles. The Bertz CT molecular complexity index is 969. The SMILES string of the molecule is COc1ccc(CNC(=O)C(C)n2nc(-c3ccncc3)ccc2=O)cc1. The molecule has 0 fully saturated rings.